The fourth-order valence-corrected chi connectivity index (χ4v) is 6.26. The molecule has 0 aliphatic rings. The molecule has 4 nitrogen and oxygen atoms in total. The van der Waals surface area contributed by atoms with Crippen LogP contribution >= 0.6 is 23.1 Å². The van der Waals surface area contributed by atoms with Crippen LogP contribution in [0.2, 0.25) is 0 Å². The van der Waals surface area contributed by atoms with Crippen molar-refractivity contribution in [1.29, 1.82) is 0 Å². The molecule has 2 aromatic rings. The lowest BCUT2D eigenvalue weighted by Crippen LogP contribution is -2.25. The first kappa shape index (κ1) is 18.0. The van der Waals surface area contributed by atoms with E-state index in [1.165, 1.54) is 27.1 Å². The van der Waals surface area contributed by atoms with Gasteiger partial charge < -0.3 is 0 Å². The normalized spacial score (nSPS) is 12.6. The standard InChI is InChI=1S/C16H20N2O2S3/c1-5-11-17-16-18(15(21-4)14(6-2)22-16)23(19,20)13-9-7-12(3)8-10-13/h5,7-10H,1,6,11H2,2-4H3. The van der Waals surface area contributed by atoms with Crippen molar-refractivity contribution in [2.45, 2.75) is 30.2 Å². The van der Waals surface area contributed by atoms with Gasteiger partial charge in [-0.2, -0.15) is 0 Å². The highest BCUT2D eigenvalue weighted by molar-refractivity contribution is 7.99. The summed E-state index contributed by atoms with van der Waals surface area (Å²) in [5.74, 6) is 0. The Balaban J connectivity index is 2.76. The van der Waals surface area contributed by atoms with Gasteiger partial charge in [-0.3, -0.25) is 4.99 Å². The lowest BCUT2D eigenvalue weighted by Gasteiger charge is -2.10. The Morgan fingerprint density at radius 1 is 1.35 bits per heavy atom. The third-order valence-corrected chi connectivity index (χ3v) is 7.34. The third kappa shape index (κ3) is 3.62. The van der Waals surface area contributed by atoms with Crippen LogP contribution in [0, 0.1) is 6.92 Å². The molecule has 0 saturated heterocycles. The molecule has 0 unspecified atom stereocenters. The van der Waals surface area contributed by atoms with E-state index in [1.54, 1.807) is 30.3 Å². The number of rotatable bonds is 6. The molecule has 0 spiro atoms. The predicted octanol–water partition coefficient (Wildman–Crippen LogP) is 3.47. The molecule has 1 aromatic carbocycles. The first-order chi connectivity index (χ1) is 11.0. The number of benzene rings is 1. The van der Waals surface area contributed by atoms with Crippen LogP contribution in [0.5, 0.6) is 0 Å². The highest BCUT2D eigenvalue weighted by Gasteiger charge is 2.24. The molecule has 1 aromatic heterocycles. The third-order valence-electron chi connectivity index (χ3n) is 3.24. The maximum atomic E-state index is 13.1. The zero-order chi connectivity index (χ0) is 17.0. The predicted molar refractivity (Wildman–Crippen MR) is 97.9 cm³/mol. The van der Waals surface area contributed by atoms with E-state index in [9.17, 15) is 8.42 Å². The van der Waals surface area contributed by atoms with Gasteiger partial charge in [-0.1, -0.05) is 42.0 Å². The molecule has 0 aliphatic carbocycles. The van der Waals surface area contributed by atoms with Gasteiger partial charge in [0.1, 0.15) is 5.03 Å². The topological polar surface area (TPSA) is 51.4 Å². The molecule has 2 rings (SSSR count). The minimum Gasteiger partial charge on any atom is -0.254 e. The van der Waals surface area contributed by atoms with Gasteiger partial charge in [0.05, 0.1) is 11.4 Å². The van der Waals surface area contributed by atoms with Crippen molar-refractivity contribution in [3.05, 3.63) is 52.2 Å². The second-order valence-corrected chi connectivity index (χ2v) is 8.53. The molecule has 0 amide bonds. The molecular weight excluding hydrogens is 348 g/mol. The maximum absolute atomic E-state index is 13.1. The van der Waals surface area contributed by atoms with E-state index in [1.807, 2.05) is 20.1 Å². The Kier molecular flexibility index (Phi) is 5.89. The first-order valence-electron chi connectivity index (χ1n) is 7.18. The monoisotopic (exact) mass is 368 g/mol. The smallest absolute Gasteiger partial charge is 0.254 e. The molecule has 0 fully saturated rings. The lowest BCUT2D eigenvalue weighted by molar-refractivity contribution is 0.580. The maximum Gasteiger partial charge on any atom is 0.270 e. The number of nitrogens with zero attached hydrogens (tertiary/aromatic N) is 2. The molecule has 0 aliphatic heterocycles. The fraction of sp³-hybridized carbons (Fsp3) is 0.312. The van der Waals surface area contributed by atoms with Gasteiger partial charge in [-0.25, -0.2) is 12.4 Å². The molecule has 23 heavy (non-hydrogen) atoms. The van der Waals surface area contributed by atoms with Gasteiger partial charge in [-0.05, 0) is 31.7 Å². The van der Waals surface area contributed by atoms with Crippen LogP contribution in [-0.4, -0.2) is 25.2 Å². The summed E-state index contributed by atoms with van der Waals surface area (Å²) in [4.78, 5) is 6.18. The van der Waals surface area contributed by atoms with Crippen LogP contribution in [0.15, 0.2) is 51.8 Å². The zero-order valence-corrected chi connectivity index (χ0v) is 15.9. The van der Waals surface area contributed by atoms with E-state index in [0.717, 1.165) is 21.9 Å². The highest BCUT2D eigenvalue weighted by Crippen LogP contribution is 2.27. The van der Waals surface area contributed by atoms with Crippen molar-refractivity contribution < 1.29 is 8.42 Å². The molecule has 0 atom stereocenters. The molecule has 0 radical (unpaired) electrons. The summed E-state index contributed by atoms with van der Waals surface area (Å²) in [6.07, 6.45) is 4.32. The largest absolute Gasteiger partial charge is 0.270 e. The number of aromatic nitrogens is 1. The fourth-order valence-electron chi connectivity index (χ4n) is 2.08. The SMILES string of the molecule is C=CCN=c1sc(CC)c(SC)n1S(=O)(=O)c1ccc(C)cc1. The summed E-state index contributed by atoms with van der Waals surface area (Å²) < 4.78 is 27.6. The molecule has 0 N–H and O–H groups in total. The number of hydrogen-bond acceptors (Lipinski definition) is 5. The summed E-state index contributed by atoms with van der Waals surface area (Å²) in [5.41, 5.74) is 1.02. The van der Waals surface area contributed by atoms with Crippen molar-refractivity contribution in [2.24, 2.45) is 4.99 Å². The van der Waals surface area contributed by atoms with Crippen LogP contribution in [0.3, 0.4) is 0 Å². The van der Waals surface area contributed by atoms with Gasteiger partial charge in [0.2, 0.25) is 4.80 Å². The highest BCUT2D eigenvalue weighted by atomic mass is 32.2. The van der Waals surface area contributed by atoms with Gasteiger partial charge >= 0.3 is 0 Å². The Morgan fingerprint density at radius 2 is 2.00 bits per heavy atom. The minimum absolute atomic E-state index is 0.277. The van der Waals surface area contributed by atoms with Gasteiger partial charge in [0.25, 0.3) is 10.0 Å². The summed E-state index contributed by atoms with van der Waals surface area (Å²) in [7, 11) is -3.67. The van der Waals surface area contributed by atoms with Crippen LogP contribution in [0.4, 0.5) is 0 Å². The van der Waals surface area contributed by atoms with Gasteiger partial charge in [0, 0.05) is 4.88 Å². The molecule has 1 heterocycles. The summed E-state index contributed by atoms with van der Waals surface area (Å²) in [5, 5.41) is 0.737. The van der Waals surface area contributed by atoms with Gasteiger partial charge in [0.15, 0.2) is 0 Å². The second kappa shape index (κ2) is 7.51. The van der Waals surface area contributed by atoms with E-state index >= 15 is 0 Å². The van der Waals surface area contributed by atoms with E-state index in [-0.39, 0.29) is 4.90 Å². The van der Waals surface area contributed by atoms with E-state index < -0.39 is 10.0 Å². The molecule has 124 valence electrons. The number of thiazole rings is 1. The molecule has 0 saturated carbocycles. The number of aryl methyl sites for hydroxylation is 2. The minimum atomic E-state index is -3.67. The van der Waals surface area contributed by atoms with E-state index in [4.69, 9.17) is 0 Å². The molecule has 7 heteroatoms. The Labute approximate surface area is 145 Å². The van der Waals surface area contributed by atoms with Crippen molar-refractivity contribution in [2.75, 3.05) is 12.8 Å². The van der Waals surface area contributed by atoms with Crippen molar-refractivity contribution >= 4 is 33.1 Å². The zero-order valence-electron chi connectivity index (χ0n) is 13.4. The van der Waals surface area contributed by atoms with Crippen LogP contribution < -0.4 is 4.80 Å². The van der Waals surface area contributed by atoms with E-state index in [2.05, 4.69) is 11.6 Å². The van der Waals surface area contributed by atoms with Crippen LogP contribution in [0.25, 0.3) is 0 Å². The van der Waals surface area contributed by atoms with E-state index in [0.29, 0.717) is 11.3 Å². The second-order valence-electron chi connectivity index (χ2n) is 4.88. The summed E-state index contributed by atoms with van der Waals surface area (Å²) in [6.45, 7) is 7.99. The van der Waals surface area contributed by atoms with Crippen molar-refractivity contribution in [1.82, 2.24) is 3.97 Å². The van der Waals surface area contributed by atoms with Gasteiger partial charge in [-0.15, -0.1) is 18.3 Å². The van der Waals surface area contributed by atoms with Crippen LogP contribution in [-0.2, 0) is 16.4 Å². The summed E-state index contributed by atoms with van der Waals surface area (Å²) in [6, 6.07) is 6.89. The lowest BCUT2D eigenvalue weighted by atomic mass is 10.2. The Morgan fingerprint density at radius 3 is 2.52 bits per heavy atom. The van der Waals surface area contributed by atoms with Crippen LogP contribution in [0.1, 0.15) is 17.4 Å². The average molecular weight is 369 g/mol. The first-order valence-corrected chi connectivity index (χ1v) is 10.7. The number of thioether (sulfide) groups is 1. The average Bonchev–Trinajstić information content (AvgIpc) is 2.91. The summed E-state index contributed by atoms with van der Waals surface area (Å²) >= 11 is 2.86. The molecular formula is C16H20N2O2S3. The van der Waals surface area contributed by atoms with Crippen molar-refractivity contribution in [3.63, 3.8) is 0 Å². The van der Waals surface area contributed by atoms with Crippen molar-refractivity contribution in [3.8, 4) is 0 Å². The Bertz CT molecular complexity index is 860. The quantitative estimate of drug-likeness (QED) is 0.579. The molecule has 0 bridgehead atoms. The number of hydrogen-bond donors (Lipinski definition) is 0. The Hall–Kier alpha value is -1.31.